The molecule has 0 N–H and O–H groups in total. The molecule has 3 fully saturated rings. The highest BCUT2D eigenvalue weighted by Crippen LogP contribution is 2.59. The van der Waals surface area contributed by atoms with Crippen LogP contribution < -0.4 is 0 Å². The summed E-state index contributed by atoms with van der Waals surface area (Å²) in [6.07, 6.45) is 7.53. The normalized spacial score (nSPS) is 45.8. The van der Waals surface area contributed by atoms with Crippen LogP contribution in [-0.4, -0.2) is 35.1 Å². The van der Waals surface area contributed by atoms with E-state index in [9.17, 15) is 9.59 Å². The lowest BCUT2D eigenvalue weighted by molar-refractivity contribution is -0.146. The molecule has 1 saturated heterocycles. The molecule has 1 spiro atoms. The quantitative estimate of drug-likeness (QED) is 0.696. The van der Waals surface area contributed by atoms with Gasteiger partial charge in [0, 0.05) is 29.8 Å². The predicted molar refractivity (Wildman–Crippen MR) is 80.8 cm³/mol. The Labute approximate surface area is 126 Å². The van der Waals surface area contributed by atoms with Gasteiger partial charge in [-0.15, -0.1) is 0 Å². The van der Waals surface area contributed by atoms with Gasteiger partial charge in [-0.1, -0.05) is 13.0 Å². The van der Waals surface area contributed by atoms with Crippen LogP contribution in [0.1, 0.15) is 46.0 Å². The molecule has 4 rings (SSSR count). The fourth-order valence-corrected chi connectivity index (χ4v) is 5.99. The molecule has 0 aromatic rings. The van der Waals surface area contributed by atoms with E-state index in [0.717, 1.165) is 38.8 Å². The molecule has 0 radical (unpaired) electrons. The van der Waals surface area contributed by atoms with Crippen LogP contribution >= 0.6 is 0 Å². The van der Waals surface area contributed by atoms with Crippen molar-refractivity contribution in [2.75, 3.05) is 13.1 Å². The summed E-state index contributed by atoms with van der Waals surface area (Å²) in [6.45, 7) is 6.10. The Balaban J connectivity index is 1.89. The Morgan fingerprint density at radius 3 is 2.95 bits per heavy atom. The molecule has 0 aromatic heterocycles. The van der Waals surface area contributed by atoms with Gasteiger partial charge in [-0.05, 0) is 57.1 Å². The topological polar surface area (TPSA) is 37.4 Å². The van der Waals surface area contributed by atoms with E-state index in [4.69, 9.17) is 0 Å². The van der Waals surface area contributed by atoms with E-state index in [2.05, 4.69) is 17.9 Å². The zero-order chi connectivity index (χ0) is 14.8. The van der Waals surface area contributed by atoms with Crippen LogP contribution in [0.15, 0.2) is 11.6 Å². The second-order valence-corrected chi connectivity index (χ2v) is 7.62. The van der Waals surface area contributed by atoms with Crippen molar-refractivity contribution in [2.24, 2.45) is 23.7 Å². The van der Waals surface area contributed by atoms with Gasteiger partial charge in [0.1, 0.15) is 11.6 Å². The van der Waals surface area contributed by atoms with E-state index in [1.54, 1.807) is 6.92 Å². The van der Waals surface area contributed by atoms with Gasteiger partial charge in [-0.3, -0.25) is 14.5 Å². The number of ketones is 2. The van der Waals surface area contributed by atoms with Crippen LogP contribution in [0.5, 0.6) is 0 Å². The van der Waals surface area contributed by atoms with Crippen molar-refractivity contribution in [1.29, 1.82) is 0 Å². The summed E-state index contributed by atoms with van der Waals surface area (Å²) >= 11 is 0. The third-order valence-corrected chi connectivity index (χ3v) is 6.70. The number of carbonyl (C=O) groups is 2. The Morgan fingerprint density at radius 2 is 2.19 bits per heavy atom. The average molecular weight is 287 g/mol. The van der Waals surface area contributed by atoms with Gasteiger partial charge in [0.05, 0.1) is 0 Å². The summed E-state index contributed by atoms with van der Waals surface area (Å²) in [4.78, 5) is 27.6. The molecule has 3 heteroatoms. The Kier molecular flexibility index (Phi) is 2.94. The number of rotatable bonds is 1. The molecule has 2 aliphatic heterocycles. The molecule has 4 aliphatic rings. The van der Waals surface area contributed by atoms with Crippen molar-refractivity contribution in [3.05, 3.63) is 11.6 Å². The monoisotopic (exact) mass is 287 g/mol. The van der Waals surface area contributed by atoms with Gasteiger partial charge in [0.2, 0.25) is 0 Å². The molecular weight excluding hydrogens is 262 g/mol. The fourth-order valence-electron chi connectivity index (χ4n) is 5.99. The van der Waals surface area contributed by atoms with Gasteiger partial charge in [0.15, 0.2) is 0 Å². The molecule has 2 saturated carbocycles. The second kappa shape index (κ2) is 4.52. The first-order chi connectivity index (χ1) is 10.1. The third kappa shape index (κ3) is 1.64. The first-order valence-corrected chi connectivity index (χ1v) is 8.55. The van der Waals surface area contributed by atoms with E-state index in [1.165, 1.54) is 12.0 Å². The maximum atomic E-state index is 12.7. The zero-order valence-corrected chi connectivity index (χ0v) is 13.1. The van der Waals surface area contributed by atoms with Gasteiger partial charge in [0.25, 0.3) is 0 Å². The maximum Gasteiger partial charge on any atom is 0.142 e. The van der Waals surface area contributed by atoms with Crippen LogP contribution in [-0.2, 0) is 9.59 Å². The van der Waals surface area contributed by atoms with Gasteiger partial charge in [-0.2, -0.15) is 0 Å². The third-order valence-electron chi connectivity index (χ3n) is 6.70. The minimum Gasteiger partial charge on any atom is -0.300 e. The zero-order valence-electron chi connectivity index (χ0n) is 13.1. The highest BCUT2D eigenvalue weighted by Gasteiger charge is 2.62. The molecule has 2 bridgehead atoms. The predicted octanol–water partition coefficient (Wildman–Crippen LogP) is 2.60. The highest BCUT2D eigenvalue weighted by atomic mass is 16.1. The lowest BCUT2D eigenvalue weighted by Crippen LogP contribution is -2.69. The van der Waals surface area contributed by atoms with Crippen molar-refractivity contribution in [1.82, 2.24) is 4.90 Å². The van der Waals surface area contributed by atoms with Crippen LogP contribution in [0.2, 0.25) is 0 Å². The number of hydrogen-bond donors (Lipinski definition) is 0. The molecule has 5 atom stereocenters. The summed E-state index contributed by atoms with van der Waals surface area (Å²) in [7, 11) is 0. The summed E-state index contributed by atoms with van der Waals surface area (Å²) in [6, 6.07) is 0. The largest absolute Gasteiger partial charge is 0.300 e. The summed E-state index contributed by atoms with van der Waals surface area (Å²) in [5.74, 6) is 1.43. The molecular formula is C18H25NO2. The van der Waals surface area contributed by atoms with Crippen LogP contribution in [0.4, 0.5) is 0 Å². The lowest BCUT2D eigenvalue weighted by Gasteiger charge is -2.64. The smallest absolute Gasteiger partial charge is 0.142 e. The summed E-state index contributed by atoms with van der Waals surface area (Å²) < 4.78 is 0. The molecule has 0 aromatic carbocycles. The minimum absolute atomic E-state index is 0.0276. The highest BCUT2D eigenvalue weighted by molar-refractivity contribution is 5.90. The first-order valence-electron chi connectivity index (χ1n) is 8.55. The van der Waals surface area contributed by atoms with E-state index in [0.29, 0.717) is 17.5 Å². The van der Waals surface area contributed by atoms with Crippen molar-refractivity contribution < 1.29 is 9.59 Å². The van der Waals surface area contributed by atoms with E-state index in [-0.39, 0.29) is 23.3 Å². The molecule has 2 heterocycles. The summed E-state index contributed by atoms with van der Waals surface area (Å²) in [5, 5.41) is 0. The lowest BCUT2D eigenvalue weighted by atomic mass is 9.49. The number of hydrogen-bond acceptors (Lipinski definition) is 3. The van der Waals surface area contributed by atoms with Crippen molar-refractivity contribution in [2.45, 2.75) is 51.5 Å². The molecule has 2 aliphatic carbocycles. The van der Waals surface area contributed by atoms with Crippen molar-refractivity contribution >= 4 is 11.6 Å². The Bertz CT molecular complexity index is 537. The minimum atomic E-state index is 0.0276. The van der Waals surface area contributed by atoms with E-state index < -0.39 is 0 Å². The van der Waals surface area contributed by atoms with Crippen LogP contribution in [0, 0.1) is 23.7 Å². The van der Waals surface area contributed by atoms with Gasteiger partial charge in [-0.25, -0.2) is 0 Å². The average Bonchev–Trinajstić information content (AvgIpc) is 2.45. The first kappa shape index (κ1) is 13.7. The summed E-state index contributed by atoms with van der Waals surface area (Å²) in [5.41, 5.74) is 1.45. The fraction of sp³-hybridized carbons (Fsp3) is 0.778. The molecule has 21 heavy (non-hydrogen) atoms. The molecule has 3 nitrogen and oxygen atoms in total. The Hall–Kier alpha value is -0.960. The SMILES string of the molecule is CC(=O)[C@@H]1C[C@@H]2C(=O)[C@@H](C)CC34C2=CCCN3CCC[C@H]14. The van der Waals surface area contributed by atoms with Gasteiger partial charge >= 0.3 is 0 Å². The number of nitrogens with zero attached hydrogens (tertiary/aromatic N) is 1. The second-order valence-electron chi connectivity index (χ2n) is 7.62. The number of piperidine rings is 1. The standard InChI is InChI=1S/C18H25NO2/c1-11-10-18-15-5-3-7-19(18)8-4-6-16(18)14(17(11)21)9-13(15)12(2)20/h6,11,13-15H,3-5,7-10H2,1-2H3/t11-,13-,14-,15+,18?/m0/s1. The van der Waals surface area contributed by atoms with Crippen molar-refractivity contribution in [3.8, 4) is 0 Å². The Morgan fingerprint density at radius 1 is 1.38 bits per heavy atom. The van der Waals surface area contributed by atoms with E-state index in [1.807, 2.05) is 0 Å². The van der Waals surface area contributed by atoms with E-state index >= 15 is 0 Å². The van der Waals surface area contributed by atoms with Crippen LogP contribution in [0.3, 0.4) is 0 Å². The number of carbonyl (C=O) groups excluding carboxylic acids is 2. The van der Waals surface area contributed by atoms with Crippen molar-refractivity contribution in [3.63, 3.8) is 0 Å². The van der Waals surface area contributed by atoms with Crippen LogP contribution in [0.25, 0.3) is 0 Å². The molecule has 0 amide bonds. The maximum absolute atomic E-state index is 12.7. The molecule has 1 unspecified atom stereocenters. The van der Waals surface area contributed by atoms with Gasteiger partial charge < -0.3 is 0 Å². The molecule has 114 valence electrons. The number of Topliss-reactive ketones (excluding diaryl/α,β-unsaturated/α-hetero) is 2.